The summed E-state index contributed by atoms with van der Waals surface area (Å²) >= 11 is 0. The number of hydrogen-bond donors (Lipinski definition) is 0. The highest BCUT2D eigenvalue weighted by Gasteiger charge is 2.26. The van der Waals surface area contributed by atoms with Crippen molar-refractivity contribution in [3.05, 3.63) is 35.9 Å². The molecule has 1 aromatic rings. The van der Waals surface area contributed by atoms with E-state index in [-0.39, 0.29) is 0 Å². The maximum absolute atomic E-state index is 5.79. The molecule has 2 atom stereocenters. The lowest BCUT2D eigenvalue weighted by molar-refractivity contribution is 0.0183. The molecule has 0 N–H and O–H groups in total. The van der Waals surface area contributed by atoms with Crippen LogP contribution in [0.3, 0.4) is 0 Å². The van der Waals surface area contributed by atoms with Crippen LogP contribution in [0.2, 0.25) is 0 Å². The van der Waals surface area contributed by atoms with Crippen molar-refractivity contribution in [2.75, 3.05) is 33.3 Å². The van der Waals surface area contributed by atoms with Gasteiger partial charge in [0.2, 0.25) is 0 Å². The van der Waals surface area contributed by atoms with Crippen LogP contribution < -0.4 is 0 Å². The Morgan fingerprint density at radius 2 is 1.74 bits per heavy atom. The maximum atomic E-state index is 5.79. The van der Waals surface area contributed by atoms with Crippen LogP contribution in [0.5, 0.6) is 0 Å². The Bertz CT molecular complexity index is 356. The van der Waals surface area contributed by atoms with Gasteiger partial charge in [0.1, 0.15) is 0 Å². The van der Waals surface area contributed by atoms with Gasteiger partial charge in [-0.05, 0) is 26.5 Å². The van der Waals surface area contributed by atoms with Crippen LogP contribution in [0.1, 0.15) is 19.4 Å². The number of hydrogen-bond acceptors (Lipinski definition) is 3. The molecular formula is C16H26N2O. The molecule has 1 saturated heterocycles. The monoisotopic (exact) mass is 262 g/mol. The van der Waals surface area contributed by atoms with Crippen molar-refractivity contribution in [2.24, 2.45) is 0 Å². The summed E-state index contributed by atoms with van der Waals surface area (Å²) < 4.78 is 5.79. The quantitative estimate of drug-likeness (QED) is 0.757. The second kappa shape index (κ2) is 7.04. The Kier molecular flexibility index (Phi) is 5.37. The minimum Gasteiger partial charge on any atom is -0.375 e. The Labute approximate surface area is 117 Å². The molecule has 3 nitrogen and oxygen atoms in total. The lowest BCUT2D eigenvalue weighted by atomic mass is 10.1. The Morgan fingerprint density at radius 3 is 2.37 bits per heavy atom. The summed E-state index contributed by atoms with van der Waals surface area (Å²) in [6.07, 6.45) is 0. The molecule has 1 fully saturated rings. The van der Waals surface area contributed by atoms with E-state index in [0.717, 1.165) is 32.8 Å². The zero-order valence-corrected chi connectivity index (χ0v) is 12.4. The van der Waals surface area contributed by atoms with E-state index >= 15 is 0 Å². The average molecular weight is 262 g/mol. The number of likely N-dealkylation sites (N-methyl/N-ethyl adjacent to an activating group) is 1. The van der Waals surface area contributed by atoms with E-state index in [9.17, 15) is 0 Å². The van der Waals surface area contributed by atoms with Gasteiger partial charge in [0.15, 0.2) is 0 Å². The van der Waals surface area contributed by atoms with Crippen LogP contribution in [0, 0.1) is 0 Å². The zero-order chi connectivity index (χ0) is 13.7. The third-order valence-corrected chi connectivity index (χ3v) is 3.89. The summed E-state index contributed by atoms with van der Waals surface area (Å²) in [4.78, 5) is 4.97. The Morgan fingerprint density at radius 1 is 1.11 bits per heavy atom. The number of nitrogens with zero attached hydrogens (tertiary/aromatic N) is 2. The molecule has 0 spiro atoms. The molecule has 0 saturated carbocycles. The molecule has 1 heterocycles. The van der Waals surface area contributed by atoms with Crippen molar-refractivity contribution in [3.63, 3.8) is 0 Å². The fourth-order valence-electron chi connectivity index (χ4n) is 3.00. The van der Waals surface area contributed by atoms with Gasteiger partial charge in [-0.2, -0.15) is 0 Å². The van der Waals surface area contributed by atoms with Crippen LogP contribution in [0.15, 0.2) is 30.3 Å². The lowest BCUT2D eigenvalue weighted by Crippen LogP contribution is -2.56. The molecule has 0 bridgehead atoms. The maximum Gasteiger partial charge on any atom is 0.0717 e. The summed E-state index contributed by atoms with van der Waals surface area (Å²) in [5, 5.41) is 0. The first-order chi connectivity index (χ1) is 9.16. The molecular weight excluding hydrogens is 236 g/mol. The first kappa shape index (κ1) is 14.5. The summed E-state index contributed by atoms with van der Waals surface area (Å²) in [7, 11) is 2.20. The largest absolute Gasteiger partial charge is 0.375 e. The highest BCUT2D eigenvalue weighted by atomic mass is 16.5. The van der Waals surface area contributed by atoms with E-state index in [4.69, 9.17) is 4.74 Å². The van der Waals surface area contributed by atoms with Crippen LogP contribution in [-0.2, 0) is 11.3 Å². The third-order valence-electron chi connectivity index (χ3n) is 3.89. The molecule has 0 radical (unpaired) electrons. The standard InChI is InChI=1S/C16H26N2O/c1-14-11-17(3)12-15(2)18(14)9-10-19-13-16-7-5-4-6-8-16/h4-8,14-15H,9-13H2,1-3H3. The van der Waals surface area contributed by atoms with Gasteiger partial charge >= 0.3 is 0 Å². The van der Waals surface area contributed by atoms with E-state index in [2.05, 4.69) is 55.0 Å². The van der Waals surface area contributed by atoms with Crippen LogP contribution in [0.4, 0.5) is 0 Å². The van der Waals surface area contributed by atoms with Crippen molar-refractivity contribution in [2.45, 2.75) is 32.5 Å². The van der Waals surface area contributed by atoms with E-state index in [1.165, 1.54) is 5.56 Å². The van der Waals surface area contributed by atoms with Gasteiger partial charge in [-0.3, -0.25) is 4.90 Å². The minimum absolute atomic E-state index is 0.620. The van der Waals surface area contributed by atoms with Crippen molar-refractivity contribution in [3.8, 4) is 0 Å². The molecule has 3 heteroatoms. The van der Waals surface area contributed by atoms with E-state index in [0.29, 0.717) is 12.1 Å². The highest BCUT2D eigenvalue weighted by Crippen LogP contribution is 2.13. The van der Waals surface area contributed by atoms with Crippen molar-refractivity contribution >= 4 is 0 Å². The van der Waals surface area contributed by atoms with Gasteiger partial charge in [-0.15, -0.1) is 0 Å². The summed E-state index contributed by atoms with van der Waals surface area (Å²) in [6, 6.07) is 11.6. The van der Waals surface area contributed by atoms with Gasteiger partial charge in [0.05, 0.1) is 13.2 Å². The molecule has 19 heavy (non-hydrogen) atoms. The van der Waals surface area contributed by atoms with Gasteiger partial charge in [0, 0.05) is 31.7 Å². The molecule has 1 aromatic carbocycles. The molecule has 106 valence electrons. The predicted octanol–water partition coefficient (Wildman–Crippen LogP) is 2.23. The predicted molar refractivity (Wildman–Crippen MR) is 79.2 cm³/mol. The third kappa shape index (κ3) is 4.30. The highest BCUT2D eigenvalue weighted by molar-refractivity contribution is 5.13. The van der Waals surface area contributed by atoms with Gasteiger partial charge in [0.25, 0.3) is 0 Å². The van der Waals surface area contributed by atoms with Crippen molar-refractivity contribution in [1.29, 1.82) is 0 Å². The minimum atomic E-state index is 0.620. The summed E-state index contributed by atoms with van der Waals surface area (Å²) in [5.74, 6) is 0. The topological polar surface area (TPSA) is 15.7 Å². The SMILES string of the molecule is CC1CN(C)CC(C)N1CCOCc1ccccc1. The summed E-state index contributed by atoms with van der Waals surface area (Å²) in [5.41, 5.74) is 1.25. The van der Waals surface area contributed by atoms with E-state index < -0.39 is 0 Å². The van der Waals surface area contributed by atoms with Crippen molar-refractivity contribution < 1.29 is 4.74 Å². The number of ether oxygens (including phenoxy) is 1. The van der Waals surface area contributed by atoms with E-state index in [1.807, 2.05) is 6.07 Å². The zero-order valence-electron chi connectivity index (χ0n) is 12.4. The van der Waals surface area contributed by atoms with E-state index in [1.54, 1.807) is 0 Å². The Balaban J connectivity index is 1.70. The number of piperazine rings is 1. The molecule has 2 unspecified atom stereocenters. The molecule has 1 aliphatic heterocycles. The second-order valence-corrected chi connectivity index (χ2v) is 5.70. The molecule has 0 aliphatic carbocycles. The van der Waals surface area contributed by atoms with Crippen LogP contribution in [0.25, 0.3) is 0 Å². The number of benzene rings is 1. The van der Waals surface area contributed by atoms with Gasteiger partial charge in [-0.25, -0.2) is 0 Å². The number of rotatable bonds is 5. The van der Waals surface area contributed by atoms with Gasteiger partial charge < -0.3 is 9.64 Å². The normalized spacial score (nSPS) is 25.6. The molecule has 2 rings (SSSR count). The van der Waals surface area contributed by atoms with Crippen molar-refractivity contribution in [1.82, 2.24) is 9.80 Å². The first-order valence-corrected chi connectivity index (χ1v) is 7.23. The smallest absolute Gasteiger partial charge is 0.0717 e. The molecule has 0 aromatic heterocycles. The summed E-state index contributed by atoms with van der Waals surface area (Å²) in [6.45, 7) is 9.49. The van der Waals surface area contributed by atoms with Gasteiger partial charge in [-0.1, -0.05) is 30.3 Å². The second-order valence-electron chi connectivity index (χ2n) is 5.70. The Hall–Kier alpha value is -0.900. The fourth-order valence-corrected chi connectivity index (χ4v) is 3.00. The lowest BCUT2D eigenvalue weighted by Gasteiger charge is -2.43. The molecule has 0 amide bonds. The fraction of sp³-hybridized carbons (Fsp3) is 0.625. The first-order valence-electron chi connectivity index (χ1n) is 7.23. The molecule has 1 aliphatic rings. The average Bonchev–Trinajstić information content (AvgIpc) is 2.38. The van der Waals surface area contributed by atoms with Crippen LogP contribution in [-0.4, -0.2) is 55.2 Å². The van der Waals surface area contributed by atoms with Crippen LogP contribution >= 0.6 is 0 Å².